The maximum Gasteiger partial charge on any atom is 0.235 e. The van der Waals surface area contributed by atoms with E-state index in [1.807, 2.05) is 12.1 Å². The number of quaternary nitrogens is 1. The smallest absolute Gasteiger partial charge is 0.235 e. The highest BCUT2D eigenvalue weighted by atomic mass is 32.1. The zero-order chi connectivity index (χ0) is 19.3. The first-order valence-corrected chi connectivity index (χ1v) is 11.3. The molecule has 2 N–H and O–H groups in total. The Morgan fingerprint density at radius 3 is 2.71 bits per heavy atom. The molecule has 5 heterocycles. The quantitative estimate of drug-likeness (QED) is 0.536. The lowest BCUT2D eigenvalue weighted by atomic mass is 9.90. The molecule has 4 aromatic rings. The highest BCUT2D eigenvalue weighted by Gasteiger charge is 2.37. The van der Waals surface area contributed by atoms with Crippen LogP contribution in [0.3, 0.4) is 0 Å². The molecule has 1 saturated heterocycles. The summed E-state index contributed by atoms with van der Waals surface area (Å²) < 4.78 is 6.95. The number of hydrogen-bond donors (Lipinski definition) is 2. The van der Waals surface area contributed by atoms with Crippen molar-refractivity contribution in [3.8, 4) is 17.5 Å². The molecule has 0 aliphatic carbocycles. The van der Waals surface area contributed by atoms with E-state index in [0.717, 1.165) is 18.0 Å². The molecule has 1 aliphatic heterocycles. The molecule has 0 radical (unpaired) electrons. The van der Waals surface area contributed by atoms with Crippen LogP contribution in [0.5, 0.6) is 5.88 Å². The number of rotatable bonds is 4. The minimum Gasteiger partial charge on any atom is -0.492 e. The van der Waals surface area contributed by atoms with Crippen LogP contribution in [-0.4, -0.2) is 32.8 Å². The highest BCUT2D eigenvalue weighted by molar-refractivity contribution is 7.17. The summed E-state index contributed by atoms with van der Waals surface area (Å²) in [6.07, 6.45) is 2.87. The van der Waals surface area contributed by atoms with Gasteiger partial charge < -0.3 is 14.4 Å². The van der Waals surface area contributed by atoms with Crippen molar-refractivity contribution in [1.82, 2.24) is 14.6 Å². The molecule has 5 rings (SSSR count). The fourth-order valence-corrected chi connectivity index (χ4v) is 6.59. The summed E-state index contributed by atoms with van der Waals surface area (Å²) in [5.74, 6) is 2.66. The van der Waals surface area contributed by atoms with Crippen LogP contribution in [0, 0.1) is 11.8 Å². The average Bonchev–Trinajstić information content (AvgIpc) is 3.41. The molecule has 146 valence electrons. The maximum atomic E-state index is 11.1. The summed E-state index contributed by atoms with van der Waals surface area (Å²) >= 11 is 3.28. The van der Waals surface area contributed by atoms with Crippen LogP contribution in [0.1, 0.15) is 36.1 Å². The molecule has 0 unspecified atom stereocenters. The Morgan fingerprint density at radius 1 is 1.25 bits per heavy atom. The van der Waals surface area contributed by atoms with Gasteiger partial charge in [-0.05, 0) is 30.0 Å². The van der Waals surface area contributed by atoms with Crippen LogP contribution in [0.25, 0.3) is 16.5 Å². The van der Waals surface area contributed by atoms with Crippen molar-refractivity contribution in [1.29, 1.82) is 0 Å². The molecule has 0 amide bonds. The SMILES string of the molecule is C[C@@H]1C[C@@H](C)C[NH+]([C@@H](c2cccs2)c2sc3nc(-c4ccco4)nn3c2O)C1. The Balaban J connectivity index is 1.58. The lowest BCUT2D eigenvalue weighted by Crippen LogP contribution is -3.14. The van der Waals surface area contributed by atoms with Gasteiger partial charge in [-0.3, -0.25) is 0 Å². The molecule has 3 atom stereocenters. The van der Waals surface area contributed by atoms with Gasteiger partial charge in [0, 0.05) is 11.8 Å². The summed E-state index contributed by atoms with van der Waals surface area (Å²) in [6.45, 7) is 6.88. The molecule has 0 aromatic carbocycles. The van der Waals surface area contributed by atoms with Gasteiger partial charge in [-0.15, -0.1) is 16.4 Å². The Morgan fingerprint density at radius 2 is 2.07 bits per heavy atom. The monoisotopic (exact) mass is 415 g/mol. The van der Waals surface area contributed by atoms with Crippen LogP contribution in [0.15, 0.2) is 40.3 Å². The van der Waals surface area contributed by atoms with Crippen LogP contribution < -0.4 is 4.90 Å². The Kier molecular flexibility index (Phi) is 4.49. The van der Waals surface area contributed by atoms with Gasteiger partial charge in [0.2, 0.25) is 16.7 Å². The molecular formula is C20H23N4O2S2+. The predicted octanol–water partition coefficient (Wildman–Crippen LogP) is 3.47. The average molecular weight is 416 g/mol. The molecule has 0 spiro atoms. The number of nitrogens with zero attached hydrogens (tertiary/aromatic N) is 3. The van der Waals surface area contributed by atoms with Gasteiger partial charge in [0.05, 0.1) is 24.2 Å². The van der Waals surface area contributed by atoms with E-state index in [1.165, 1.54) is 27.5 Å². The molecule has 1 fully saturated rings. The second kappa shape index (κ2) is 7.02. The van der Waals surface area contributed by atoms with Crippen molar-refractivity contribution in [3.63, 3.8) is 0 Å². The van der Waals surface area contributed by atoms with Gasteiger partial charge in [0.15, 0.2) is 11.8 Å². The first-order valence-electron chi connectivity index (χ1n) is 9.60. The molecule has 4 aromatic heterocycles. The zero-order valence-corrected chi connectivity index (χ0v) is 17.5. The minimum atomic E-state index is 0.116. The largest absolute Gasteiger partial charge is 0.492 e. The zero-order valence-electron chi connectivity index (χ0n) is 15.8. The van der Waals surface area contributed by atoms with Crippen LogP contribution >= 0.6 is 22.7 Å². The number of thiazole rings is 1. The van der Waals surface area contributed by atoms with Gasteiger partial charge in [0.25, 0.3) is 0 Å². The maximum absolute atomic E-state index is 11.1. The third-order valence-electron chi connectivity index (χ3n) is 5.47. The summed E-state index contributed by atoms with van der Waals surface area (Å²) in [5.41, 5.74) is 0. The van der Waals surface area contributed by atoms with E-state index < -0.39 is 0 Å². The Hall–Kier alpha value is -2.16. The summed E-state index contributed by atoms with van der Waals surface area (Å²) in [7, 11) is 0. The van der Waals surface area contributed by atoms with E-state index in [0.29, 0.717) is 28.4 Å². The number of furan rings is 1. The number of piperidine rings is 1. The number of thiophene rings is 1. The third kappa shape index (κ3) is 3.05. The van der Waals surface area contributed by atoms with Crippen molar-refractivity contribution in [2.24, 2.45) is 11.8 Å². The standard InChI is InChI=1S/C20H22N4O2S2/c1-12-9-13(2)11-23(10-12)16(15-6-4-8-27-15)17-19(25)24-20(28-17)21-18(22-24)14-5-3-7-26-14/h3-8,12-13,16,25H,9-11H2,1-2H3/p+1/t12-,13-,16+/m1/s1. The van der Waals surface area contributed by atoms with E-state index >= 15 is 0 Å². The van der Waals surface area contributed by atoms with Crippen LogP contribution in [-0.2, 0) is 0 Å². The van der Waals surface area contributed by atoms with Gasteiger partial charge in [-0.1, -0.05) is 31.3 Å². The predicted molar refractivity (Wildman–Crippen MR) is 110 cm³/mol. The fourth-order valence-electron chi connectivity index (χ4n) is 4.49. The minimum absolute atomic E-state index is 0.116. The normalized spacial score (nSPS) is 24.0. The summed E-state index contributed by atoms with van der Waals surface area (Å²) in [4.78, 5) is 9.02. The molecule has 6 nitrogen and oxygen atoms in total. The van der Waals surface area contributed by atoms with Gasteiger partial charge in [-0.2, -0.15) is 9.50 Å². The second-order valence-corrected chi connectivity index (χ2v) is 9.85. The van der Waals surface area contributed by atoms with Crippen molar-refractivity contribution >= 4 is 27.6 Å². The van der Waals surface area contributed by atoms with Crippen molar-refractivity contribution < 1.29 is 14.4 Å². The van der Waals surface area contributed by atoms with Crippen LogP contribution in [0.4, 0.5) is 0 Å². The number of aromatic nitrogens is 3. The highest BCUT2D eigenvalue weighted by Crippen LogP contribution is 2.37. The molecule has 8 heteroatoms. The number of fused-ring (bicyclic) bond motifs is 1. The van der Waals surface area contributed by atoms with Gasteiger partial charge >= 0.3 is 0 Å². The lowest BCUT2D eigenvalue weighted by Gasteiger charge is -2.36. The van der Waals surface area contributed by atoms with Gasteiger partial charge in [0.1, 0.15) is 4.88 Å². The van der Waals surface area contributed by atoms with E-state index in [4.69, 9.17) is 4.42 Å². The van der Waals surface area contributed by atoms with E-state index in [1.54, 1.807) is 22.1 Å². The van der Waals surface area contributed by atoms with E-state index in [9.17, 15) is 5.11 Å². The van der Waals surface area contributed by atoms with Gasteiger partial charge in [-0.25, -0.2) is 0 Å². The lowest BCUT2D eigenvalue weighted by molar-refractivity contribution is -0.936. The molecular weight excluding hydrogens is 392 g/mol. The number of hydrogen-bond acceptors (Lipinski definition) is 6. The van der Waals surface area contributed by atoms with Crippen molar-refractivity contribution in [2.75, 3.05) is 13.1 Å². The third-order valence-corrected chi connectivity index (χ3v) is 7.49. The fraction of sp³-hybridized carbons (Fsp3) is 0.400. The topological polar surface area (TPSA) is 68.0 Å². The summed E-state index contributed by atoms with van der Waals surface area (Å²) in [6, 6.07) is 8.02. The molecule has 0 bridgehead atoms. The first kappa shape index (κ1) is 17.9. The first-order chi connectivity index (χ1) is 13.6. The summed E-state index contributed by atoms with van der Waals surface area (Å²) in [5, 5.41) is 17.7. The van der Waals surface area contributed by atoms with E-state index in [-0.39, 0.29) is 11.9 Å². The number of likely N-dealkylation sites (tertiary alicyclic amines) is 1. The molecule has 0 saturated carbocycles. The van der Waals surface area contributed by atoms with Crippen LogP contribution in [0.2, 0.25) is 0 Å². The Bertz CT molecular complexity index is 1060. The molecule has 28 heavy (non-hydrogen) atoms. The molecule has 1 aliphatic rings. The van der Waals surface area contributed by atoms with Crippen molar-refractivity contribution in [2.45, 2.75) is 26.3 Å². The number of nitrogens with one attached hydrogen (secondary N) is 1. The van der Waals surface area contributed by atoms with Crippen molar-refractivity contribution in [3.05, 3.63) is 45.7 Å². The second-order valence-electron chi connectivity index (χ2n) is 7.86. The van der Waals surface area contributed by atoms with E-state index in [2.05, 4.69) is 41.4 Å². The Labute approximate surface area is 171 Å². The number of aromatic hydroxyl groups is 1.